The fourth-order valence-electron chi connectivity index (χ4n) is 5.95. The standard InChI is InChI=1S/2C13H9.2C9H7.2C3H6.2ClH.2Zr/c2*1-3-7-12-10(5-1)9-11-6-2-4-8-13(11)12;2*1-2-5-9-7-3-6-8(9)4-1;2*1-3-2;;;;/h2*1-9H;2*1-7H;2*1-2H3;2*1H;;/q4*-1;;;;;2*+2/p-2. The quantitative estimate of drug-likeness (QED) is 0.135. The van der Waals surface area contributed by atoms with Gasteiger partial charge in [-0.3, -0.25) is 0 Å². The molecule has 0 spiro atoms. The fraction of sp³-hybridized carbons (Fsp3) is 0.0800. The molecule has 0 saturated carbocycles. The van der Waals surface area contributed by atoms with Crippen LogP contribution in [0.2, 0.25) is 0 Å². The summed E-state index contributed by atoms with van der Waals surface area (Å²) in [5.74, 6) is 0. The van der Waals surface area contributed by atoms with Gasteiger partial charge in [-0.15, -0.1) is 139 Å². The minimum absolute atomic E-state index is 0. The van der Waals surface area contributed by atoms with Crippen molar-refractivity contribution >= 4 is 71.0 Å². The van der Waals surface area contributed by atoms with Gasteiger partial charge in [-0.2, -0.15) is 35.0 Å². The van der Waals surface area contributed by atoms with Crippen LogP contribution in [0.3, 0.4) is 0 Å². The van der Waals surface area contributed by atoms with Gasteiger partial charge in [-0.1, -0.05) is 84.9 Å². The summed E-state index contributed by atoms with van der Waals surface area (Å²) in [6.07, 6.45) is 0. The first kappa shape index (κ1) is 44.8. The summed E-state index contributed by atoms with van der Waals surface area (Å²) in [4.78, 5) is 0. The molecule has 0 fully saturated rings. The zero-order valence-corrected chi connectivity index (χ0v) is 37.7. The van der Waals surface area contributed by atoms with Crippen molar-refractivity contribution in [2.45, 2.75) is 27.7 Å². The van der Waals surface area contributed by atoms with Crippen LogP contribution in [0.5, 0.6) is 0 Å². The van der Waals surface area contributed by atoms with Gasteiger partial charge >= 0.3 is 82.6 Å². The van der Waals surface area contributed by atoms with Crippen molar-refractivity contribution in [1.29, 1.82) is 0 Å². The van der Waals surface area contributed by atoms with Crippen molar-refractivity contribution in [3.05, 3.63) is 194 Å². The van der Waals surface area contributed by atoms with Crippen LogP contribution in [-0.2, 0) is 48.5 Å². The van der Waals surface area contributed by atoms with Crippen LogP contribution in [0.4, 0.5) is 0 Å². The van der Waals surface area contributed by atoms with Gasteiger partial charge in [-0.25, -0.2) is 0 Å². The van der Waals surface area contributed by atoms with Crippen LogP contribution >= 0.6 is 0 Å². The maximum absolute atomic E-state index is 2.24. The van der Waals surface area contributed by atoms with Crippen LogP contribution < -0.4 is 24.8 Å². The predicted molar refractivity (Wildman–Crippen MR) is 226 cm³/mol. The molecule has 0 bridgehead atoms. The van der Waals surface area contributed by atoms with Crippen molar-refractivity contribution in [2.75, 3.05) is 0 Å². The zero-order valence-electron chi connectivity index (χ0n) is 31.2. The van der Waals surface area contributed by atoms with E-state index in [1.807, 2.05) is 0 Å². The van der Waals surface area contributed by atoms with Gasteiger partial charge < -0.3 is 24.8 Å². The van der Waals surface area contributed by atoms with Gasteiger partial charge in [0.1, 0.15) is 0 Å². The van der Waals surface area contributed by atoms with Crippen LogP contribution in [0.1, 0.15) is 27.7 Å². The summed E-state index contributed by atoms with van der Waals surface area (Å²) in [5.41, 5.74) is 0. The van der Waals surface area contributed by atoms with E-state index in [0.717, 1.165) is 0 Å². The fourth-order valence-corrected chi connectivity index (χ4v) is 5.95. The number of hydrogen-bond acceptors (Lipinski definition) is 0. The molecule has 0 amide bonds. The second-order valence-corrected chi connectivity index (χ2v) is 17.9. The SMILES string of the molecule is C[C](C)=[Zr+2].C[C](C)=[Zr+2].[Cl-].[Cl-].c1ccc2[cH-]ccc2c1.c1ccc2[cH-]ccc2c1.c1ccc2c(c1)[cH-]c1ccccc12.c1ccc2c(c1)[cH-]c1ccccc12. The van der Waals surface area contributed by atoms with E-state index >= 15 is 0 Å². The average Bonchev–Trinajstić information content (AvgIpc) is 3.96. The molecule has 10 rings (SSSR count). The Bertz CT molecular complexity index is 2280. The zero-order chi connectivity index (χ0) is 36.7. The molecule has 0 N–H and O–H groups in total. The monoisotopic (exact) mass is 894 g/mol. The van der Waals surface area contributed by atoms with Gasteiger partial charge in [0.2, 0.25) is 0 Å². The molecule has 0 saturated heterocycles. The number of fused-ring (bicyclic) bond motifs is 8. The smallest absolute Gasteiger partial charge is 0.0771 e. The van der Waals surface area contributed by atoms with Crippen LogP contribution in [-0.4, -0.2) is 6.41 Å². The third kappa shape index (κ3) is 13.3. The molecule has 0 aliphatic rings. The molecule has 4 heteroatoms. The van der Waals surface area contributed by atoms with E-state index in [2.05, 4.69) is 222 Å². The Labute approximate surface area is 362 Å². The molecule has 0 radical (unpaired) electrons. The molecule has 0 aromatic heterocycles. The Morgan fingerprint density at radius 2 is 0.556 bits per heavy atom. The molecule has 0 aliphatic heterocycles. The van der Waals surface area contributed by atoms with Gasteiger partial charge in [0.25, 0.3) is 0 Å². The van der Waals surface area contributed by atoms with E-state index < -0.39 is 0 Å². The second-order valence-electron chi connectivity index (χ2n) is 12.9. The van der Waals surface area contributed by atoms with Crippen LogP contribution in [0.15, 0.2) is 194 Å². The first-order valence-electron chi connectivity index (χ1n) is 17.6. The molecule has 0 heterocycles. The summed E-state index contributed by atoms with van der Waals surface area (Å²) in [6, 6.07) is 67.9. The molecule has 0 unspecified atom stereocenters. The normalized spacial score (nSPS) is 9.78. The Morgan fingerprint density at radius 1 is 0.333 bits per heavy atom. The van der Waals surface area contributed by atoms with Crippen molar-refractivity contribution in [3.63, 3.8) is 0 Å². The first-order chi connectivity index (χ1) is 25.3. The van der Waals surface area contributed by atoms with Crippen molar-refractivity contribution < 1.29 is 73.3 Å². The van der Waals surface area contributed by atoms with Crippen LogP contribution in [0.25, 0.3) is 64.6 Å². The molecule has 10 aromatic rings. The number of benzene rings is 6. The Morgan fingerprint density at radius 3 is 0.815 bits per heavy atom. The number of hydrogen-bond donors (Lipinski definition) is 0. The third-order valence-corrected chi connectivity index (χ3v) is 8.14. The average molecular weight is 898 g/mol. The number of halogens is 2. The molecular weight excluding hydrogens is 854 g/mol. The molecule has 54 heavy (non-hydrogen) atoms. The van der Waals surface area contributed by atoms with Crippen LogP contribution in [0, 0.1) is 0 Å². The summed E-state index contributed by atoms with van der Waals surface area (Å²) < 4.78 is 3.01. The maximum Gasteiger partial charge on any atom is -0.0771 e. The molecule has 0 nitrogen and oxygen atoms in total. The Hall–Kier alpha value is -3.63. The van der Waals surface area contributed by atoms with Crippen molar-refractivity contribution in [1.82, 2.24) is 0 Å². The van der Waals surface area contributed by atoms with Gasteiger partial charge in [0.15, 0.2) is 0 Å². The number of rotatable bonds is 0. The van der Waals surface area contributed by atoms with E-state index in [4.69, 9.17) is 0 Å². The largest absolute Gasteiger partial charge is 1.00 e. The summed E-state index contributed by atoms with van der Waals surface area (Å²) in [7, 11) is 0. The van der Waals surface area contributed by atoms with E-state index in [-0.39, 0.29) is 24.8 Å². The van der Waals surface area contributed by atoms with Crippen molar-refractivity contribution in [3.8, 4) is 0 Å². The van der Waals surface area contributed by atoms with Gasteiger partial charge in [0, 0.05) is 0 Å². The summed E-state index contributed by atoms with van der Waals surface area (Å²) in [5, 5.41) is 16.1. The Balaban J connectivity index is 0.000000181. The topological polar surface area (TPSA) is 0 Å². The molecule has 268 valence electrons. The molecule has 0 aliphatic carbocycles. The van der Waals surface area contributed by atoms with E-state index in [1.54, 1.807) is 48.5 Å². The van der Waals surface area contributed by atoms with E-state index in [9.17, 15) is 0 Å². The first-order valence-corrected chi connectivity index (χ1v) is 20.1. The Kier molecular flexibility index (Phi) is 19.3. The minimum Gasteiger partial charge on any atom is -1.00 e. The molecular formula is C50H44Cl2Zr2-2. The van der Waals surface area contributed by atoms with Gasteiger partial charge in [-0.05, 0) is 0 Å². The van der Waals surface area contributed by atoms with Gasteiger partial charge in [0.05, 0.1) is 0 Å². The second kappa shape index (κ2) is 23.3. The summed E-state index contributed by atoms with van der Waals surface area (Å²) >= 11 is 3.11. The summed E-state index contributed by atoms with van der Waals surface area (Å²) in [6.45, 7) is 8.49. The predicted octanol–water partition coefficient (Wildman–Crippen LogP) is 8.04. The molecule has 0 atom stereocenters. The third-order valence-electron chi connectivity index (χ3n) is 8.14. The van der Waals surface area contributed by atoms with Crippen molar-refractivity contribution in [2.24, 2.45) is 0 Å². The van der Waals surface area contributed by atoms with E-state index in [0.29, 0.717) is 0 Å². The maximum atomic E-state index is 2.24. The van der Waals surface area contributed by atoms with E-state index in [1.165, 1.54) is 71.0 Å². The minimum atomic E-state index is 0. The molecule has 10 aromatic carbocycles.